The van der Waals surface area contributed by atoms with E-state index in [-0.39, 0.29) is 0 Å². The van der Waals surface area contributed by atoms with Crippen LogP contribution in [-0.2, 0) is 0 Å². The lowest BCUT2D eigenvalue weighted by Crippen LogP contribution is -1.86. The average molecular weight is 202 g/mol. The summed E-state index contributed by atoms with van der Waals surface area (Å²) in [7, 11) is 0. The molecule has 64 valence electrons. The average Bonchev–Trinajstić information content (AvgIpc) is 2.01. The second-order valence-corrected chi connectivity index (χ2v) is 3.29. The minimum atomic E-state index is 0.531. The molecule has 0 saturated heterocycles. The van der Waals surface area contributed by atoms with Crippen LogP contribution in [-0.4, -0.2) is 11.4 Å². The molecular weight excluding hydrogens is 194 g/mol. The summed E-state index contributed by atoms with van der Waals surface area (Å²) >= 11 is 10.0. The molecule has 0 radical (unpaired) electrons. The molecule has 0 atom stereocenters. The quantitative estimate of drug-likeness (QED) is 0.312. The lowest BCUT2D eigenvalue weighted by Gasteiger charge is -2.02. The normalized spacial score (nSPS) is 10.9. The van der Waals surface area contributed by atoms with Gasteiger partial charge in [0.2, 0.25) is 0 Å². The summed E-state index contributed by atoms with van der Waals surface area (Å²) < 4.78 is 0. The third-order valence-corrected chi connectivity index (χ3v) is 2.32. The fraction of sp³-hybridized carbons (Fsp3) is 0.125. The highest BCUT2D eigenvalue weighted by Gasteiger charge is 2.01. The predicted octanol–water partition coefficient (Wildman–Crippen LogP) is 2.75. The number of nitrogens with zero attached hydrogens (tertiary/aromatic N) is 1. The van der Waals surface area contributed by atoms with Gasteiger partial charge < -0.3 is 5.21 Å². The second-order valence-electron chi connectivity index (χ2n) is 2.40. The van der Waals surface area contributed by atoms with E-state index in [0.717, 1.165) is 10.5 Å². The number of benzene rings is 1. The Morgan fingerprint density at radius 2 is 2.25 bits per heavy atom. The van der Waals surface area contributed by atoms with Gasteiger partial charge in [-0.2, -0.15) is 0 Å². The van der Waals surface area contributed by atoms with Crippen LogP contribution in [0.4, 0.5) is 0 Å². The highest BCUT2D eigenvalue weighted by atomic mass is 35.5. The minimum Gasteiger partial charge on any atom is -0.411 e. The van der Waals surface area contributed by atoms with E-state index in [0.29, 0.717) is 10.6 Å². The first kappa shape index (κ1) is 9.42. The molecule has 0 amide bonds. The van der Waals surface area contributed by atoms with Crippen molar-refractivity contribution in [2.24, 2.45) is 5.16 Å². The van der Waals surface area contributed by atoms with E-state index in [9.17, 15) is 0 Å². The van der Waals surface area contributed by atoms with Gasteiger partial charge in [0.25, 0.3) is 0 Å². The van der Waals surface area contributed by atoms with Gasteiger partial charge in [-0.25, -0.2) is 0 Å². The minimum absolute atomic E-state index is 0.531. The van der Waals surface area contributed by atoms with Gasteiger partial charge in [0.1, 0.15) is 0 Å². The predicted molar refractivity (Wildman–Crippen MR) is 52.8 cm³/mol. The van der Waals surface area contributed by atoms with Crippen molar-refractivity contribution in [3.05, 3.63) is 28.3 Å². The summed E-state index contributed by atoms with van der Waals surface area (Å²) in [6.07, 6.45) is 1.29. The van der Waals surface area contributed by atoms with E-state index in [1.54, 1.807) is 6.07 Å². The first-order valence-electron chi connectivity index (χ1n) is 3.31. The third-order valence-electron chi connectivity index (χ3n) is 1.51. The van der Waals surface area contributed by atoms with Crippen LogP contribution in [0.3, 0.4) is 0 Å². The zero-order chi connectivity index (χ0) is 9.14. The van der Waals surface area contributed by atoms with Crippen molar-refractivity contribution in [2.45, 2.75) is 11.8 Å². The van der Waals surface area contributed by atoms with Crippen LogP contribution in [0.25, 0.3) is 0 Å². The van der Waals surface area contributed by atoms with Crippen LogP contribution >= 0.6 is 24.2 Å². The number of aryl methyl sites for hydroxylation is 1. The van der Waals surface area contributed by atoms with Gasteiger partial charge in [0, 0.05) is 10.5 Å². The molecule has 0 saturated carbocycles. The Kier molecular flexibility index (Phi) is 3.00. The molecule has 0 fully saturated rings. The first-order chi connectivity index (χ1) is 5.65. The molecule has 0 heterocycles. The number of oxime groups is 1. The Morgan fingerprint density at radius 1 is 1.58 bits per heavy atom. The lowest BCUT2D eigenvalue weighted by molar-refractivity contribution is 0.322. The number of rotatable bonds is 1. The van der Waals surface area contributed by atoms with Crippen molar-refractivity contribution in [2.75, 3.05) is 0 Å². The SMILES string of the molecule is Cc1cc(/C=N/O)c(Cl)cc1S. The lowest BCUT2D eigenvalue weighted by atomic mass is 10.1. The van der Waals surface area contributed by atoms with Crippen molar-refractivity contribution in [3.63, 3.8) is 0 Å². The fourth-order valence-corrected chi connectivity index (χ4v) is 1.34. The fourth-order valence-electron chi connectivity index (χ4n) is 0.854. The molecule has 1 N–H and O–H groups in total. The Bertz CT molecular complexity index is 325. The van der Waals surface area contributed by atoms with E-state index in [1.165, 1.54) is 6.21 Å². The Hall–Kier alpha value is -0.670. The molecule has 12 heavy (non-hydrogen) atoms. The maximum atomic E-state index is 8.30. The number of halogens is 1. The van der Waals surface area contributed by atoms with Crippen molar-refractivity contribution < 1.29 is 5.21 Å². The van der Waals surface area contributed by atoms with Gasteiger partial charge in [-0.1, -0.05) is 16.8 Å². The molecule has 1 aromatic carbocycles. The molecule has 1 rings (SSSR count). The number of hydrogen-bond acceptors (Lipinski definition) is 3. The van der Waals surface area contributed by atoms with E-state index < -0.39 is 0 Å². The summed E-state index contributed by atoms with van der Waals surface area (Å²) in [6, 6.07) is 3.53. The van der Waals surface area contributed by atoms with Crippen LogP contribution < -0.4 is 0 Å². The molecule has 1 aromatic rings. The number of thiol groups is 1. The van der Waals surface area contributed by atoms with E-state index in [2.05, 4.69) is 17.8 Å². The largest absolute Gasteiger partial charge is 0.411 e. The molecule has 2 nitrogen and oxygen atoms in total. The monoisotopic (exact) mass is 201 g/mol. The molecule has 0 unspecified atom stereocenters. The smallest absolute Gasteiger partial charge is 0.0748 e. The van der Waals surface area contributed by atoms with E-state index in [4.69, 9.17) is 16.8 Å². The van der Waals surface area contributed by atoms with Gasteiger partial charge >= 0.3 is 0 Å². The van der Waals surface area contributed by atoms with Gasteiger partial charge in [-0.05, 0) is 24.6 Å². The van der Waals surface area contributed by atoms with Crippen LogP contribution in [0.5, 0.6) is 0 Å². The summed E-state index contributed by atoms with van der Waals surface area (Å²) in [4.78, 5) is 0.829. The van der Waals surface area contributed by atoms with E-state index >= 15 is 0 Å². The van der Waals surface area contributed by atoms with Crippen molar-refractivity contribution >= 4 is 30.4 Å². The van der Waals surface area contributed by atoms with Crippen molar-refractivity contribution in [3.8, 4) is 0 Å². The van der Waals surface area contributed by atoms with Gasteiger partial charge in [-0.3, -0.25) is 0 Å². The molecule has 0 aromatic heterocycles. The van der Waals surface area contributed by atoms with E-state index in [1.807, 2.05) is 13.0 Å². The van der Waals surface area contributed by atoms with Crippen LogP contribution in [0.2, 0.25) is 5.02 Å². The molecule has 0 aliphatic rings. The molecule has 0 aliphatic carbocycles. The first-order valence-corrected chi connectivity index (χ1v) is 4.14. The molecular formula is C8H8ClNOS. The summed E-state index contributed by atoms with van der Waals surface area (Å²) in [6.45, 7) is 1.91. The van der Waals surface area contributed by atoms with Gasteiger partial charge in [-0.15, -0.1) is 12.6 Å². The number of hydrogen-bond donors (Lipinski definition) is 2. The molecule has 0 spiro atoms. The molecule has 0 aliphatic heterocycles. The summed E-state index contributed by atoms with van der Waals surface area (Å²) in [5.41, 5.74) is 1.69. The topological polar surface area (TPSA) is 32.6 Å². The molecule has 4 heteroatoms. The van der Waals surface area contributed by atoms with Crippen LogP contribution in [0.1, 0.15) is 11.1 Å². The van der Waals surface area contributed by atoms with Crippen molar-refractivity contribution in [1.82, 2.24) is 0 Å². The van der Waals surface area contributed by atoms with Gasteiger partial charge in [0.05, 0.1) is 11.2 Å². The highest BCUT2D eigenvalue weighted by Crippen LogP contribution is 2.22. The zero-order valence-electron chi connectivity index (χ0n) is 6.45. The van der Waals surface area contributed by atoms with Crippen molar-refractivity contribution in [1.29, 1.82) is 0 Å². The van der Waals surface area contributed by atoms with Gasteiger partial charge in [0.15, 0.2) is 0 Å². The summed E-state index contributed by atoms with van der Waals surface area (Å²) in [5, 5.41) is 11.7. The van der Waals surface area contributed by atoms with Crippen LogP contribution in [0, 0.1) is 6.92 Å². The Balaban J connectivity index is 3.23. The maximum Gasteiger partial charge on any atom is 0.0748 e. The van der Waals surface area contributed by atoms with Crippen LogP contribution in [0.15, 0.2) is 22.2 Å². The third kappa shape index (κ3) is 1.93. The zero-order valence-corrected chi connectivity index (χ0v) is 8.10. The standard InChI is InChI=1S/C8H8ClNOS/c1-5-2-6(4-10-11)7(9)3-8(5)12/h2-4,11-12H,1H3/b10-4+. The Morgan fingerprint density at radius 3 is 2.83 bits per heavy atom. The second kappa shape index (κ2) is 3.83. The highest BCUT2D eigenvalue weighted by molar-refractivity contribution is 7.80. The molecule has 0 bridgehead atoms. The maximum absolute atomic E-state index is 8.30. The Labute approximate surface area is 81.3 Å². The summed E-state index contributed by atoms with van der Waals surface area (Å²) in [5.74, 6) is 0.